The van der Waals surface area contributed by atoms with E-state index in [0.717, 1.165) is 58.0 Å². The topological polar surface area (TPSA) is 101 Å². The third-order valence-corrected chi connectivity index (χ3v) is 11.0. The van der Waals surface area contributed by atoms with Gasteiger partial charge >= 0.3 is 0 Å². The summed E-state index contributed by atoms with van der Waals surface area (Å²) in [5.41, 5.74) is 6.73. The van der Waals surface area contributed by atoms with Gasteiger partial charge in [0.25, 0.3) is 10.0 Å². The van der Waals surface area contributed by atoms with Gasteiger partial charge in [-0.15, -0.1) is 0 Å². The van der Waals surface area contributed by atoms with Gasteiger partial charge in [-0.1, -0.05) is 51.1 Å². The fourth-order valence-corrected chi connectivity index (χ4v) is 8.08. The Kier molecular flexibility index (Phi) is 8.89. The summed E-state index contributed by atoms with van der Waals surface area (Å²) in [7, 11) is -1.84. The fourth-order valence-electron chi connectivity index (χ4n) is 7.08. The molecule has 0 amide bonds. The Morgan fingerprint density at radius 3 is 2.37 bits per heavy atom. The fraction of sp³-hybridized carbons (Fsp3) is 0.459. The Morgan fingerprint density at radius 2 is 1.67 bits per heavy atom. The Labute approximate surface area is 274 Å². The van der Waals surface area contributed by atoms with Crippen LogP contribution in [0.25, 0.3) is 11.3 Å². The zero-order chi connectivity index (χ0) is 32.6. The summed E-state index contributed by atoms with van der Waals surface area (Å²) in [6.07, 6.45) is 10.6. The lowest BCUT2D eigenvalue weighted by Crippen LogP contribution is -2.37. The number of aryl methyl sites for hydroxylation is 3. The van der Waals surface area contributed by atoms with Crippen molar-refractivity contribution in [1.82, 2.24) is 19.9 Å². The van der Waals surface area contributed by atoms with E-state index in [2.05, 4.69) is 74.5 Å². The number of hydrogen-bond donors (Lipinski definition) is 1. The van der Waals surface area contributed by atoms with Crippen LogP contribution >= 0.6 is 0 Å². The zero-order valence-electron chi connectivity index (χ0n) is 27.9. The highest BCUT2D eigenvalue weighted by atomic mass is 32.2. The standard InChI is InChI=1S/C37H46N6O2S/c1-24-10-7-11-25(2)35(24)33-20-28-17-16-27(21-37(3,4)5)32(19-29-22-38-23-34(39-29)43(6)30-13-9-14-30)26-12-8-15-31(18-26)46(44,45)42-36(40-28)41-33/h7-8,10-12,15,18,20,22-23,27,30,32H,9,13-14,16-17,19,21H2,1-6H3,(H,40,41,42)/t27-,32?/m0/s1. The van der Waals surface area contributed by atoms with Gasteiger partial charge in [-0.3, -0.25) is 4.98 Å². The molecule has 2 aromatic heterocycles. The Balaban J connectivity index is 1.44. The molecule has 4 aromatic rings. The third-order valence-electron chi connectivity index (χ3n) is 9.64. The molecule has 6 rings (SSSR count). The summed E-state index contributed by atoms with van der Waals surface area (Å²) in [4.78, 5) is 21.7. The molecular formula is C37H46N6O2S. The summed E-state index contributed by atoms with van der Waals surface area (Å²) in [6.45, 7) is 11.0. The zero-order valence-corrected chi connectivity index (χ0v) is 28.7. The number of fused-ring (bicyclic) bond motifs is 4. The maximum atomic E-state index is 13.8. The predicted octanol–water partition coefficient (Wildman–Crippen LogP) is 7.66. The minimum absolute atomic E-state index is 0.0340. The summed E-state index contributed by atoms with van der Waals surface area (Å²) in [5, 5.41) is 0. The highest BCUT2D eigenvalue weighted by Crippen LogP contribution is 2.40. The molecular weight excluding hydrogens is 593 g/mol. The van der Waals surface area contributed by atoms with Crippen molar-refractivity contribution in [2.75, 3.05) is 16.7 Å². The summed E-state index contributed by atoms with van der Waals surface area (Å²) in [6, 6.07) is 16.1. The molecule has 9 heteroatoms. The molecule has 8 nitrogen and oxygen atoms in total. The van der Waals surface area contributed by atoms with Gasteiger partial charge in [0, 0.05) is 30.5 Å². The van der Waals surface area contributed by atoms with E-state index in [9.17, 15) is 8.42 Å². The number of benzene rings is 2. The second-order valence-electron chi connectivity index (χ2n) is 14.5. The number of nitrogens with one attached hydrogen (secondary N) is 1. The molecule has 0 saturated heterocycles. The molecule has 0 radical (unpaired) electrons. The van der Waals surface area contributed by atoms with Gasteiger partial charge in [0.1, 0.15) is 5.82 Å². The number of rotatable bonds is 6. The number of nitrogens with zero attached hydrogens (tertiary/aromatic N) is 5. The number of sulfonamides is 1. The molecule has 1 aliphatic heterocycles. The first-order valence-electron chi connectivity index (χ1n) is 16.5. The van der Waals surface area contributed by atoms with Crippen LogP contribution in [0, 0.1) is 25.2 Å². The molecule has 1 saturated carbocycles. The normalized spacial score (nSPS) is 19.7. The van der Waals surface area contributed by atoms with Crippen molar-refractivity contribution in [2.45, 2.75) is 96.4 Å². The Morgan fingerprint density at radius 1 is 0.935 bits per heavy atom. The maximum Gasteiger partial charge on any atom is 0.264 e. The van der Waals surface area contributed by atoms with Gasteiger partial charge in [0.05, 0.1) is 22.5 Å². The first kappa shape index (κ1) is 32.1. The van der Waals surface area contributed by atoms with Gasteiger partial charge in [0.2, 0.25) is 5.95 Å². The molecule has 2 aromatic carbocycles. The minimum Gasteiger partial charge on any atom is -0.355 e. The monoisotopic (exact) mass is 638 g/mol. The first-order chi connectivity index (χ1) is 21.9. The highest BCUT2D eigenvalue weighted by Gasteiger charge is 2.31. The second kappa shape index (κ2) is 12.7. The molecule has 1 fully saturated rings. The van der Waals surface area contributed by atoms with Crippen LogP contribution < -0.4 is 9.62 Å². The number of aromatic nitrogens is 4. The summed E-state index contributed by atoms with van der Waals surface area (Å²) < 4.78 is 30.4. The van der Waals surface area contributed by atoms with Crippen LogP contribution in [0.15, 0.2) is 65.8 Å². The summed E-state index contributed by atoms with van der Waals surface area (Å²) >= 11 is 0. The minimum atomic E-state index is -3.95. The molecule has 3 heterocycles. The summed E-state index contributed by atoms with van der Waals surface area (Å²) in [5.74, 6) is 1.28. The number of anilines is 2. The highest BCUT2D eigenvalue weighted by molar-refractivity contribution is 7.92. The molecule has 0 spiro atoms. The molecule has 46 heavy (non-hydrogen) atoms. The van der Waals surface area contributed by atoms with Crippen LogP contribution in [0.4, 0.5) is 11.8 Å². The average molecular weight is 639 g/mol. The van der Waals surface area contributed by atoms with E-state index in [0.29, 0.717) is 18.9 Å². The number of hydrogen-bond acceptors (Lipinski definition) is 7. The van der Waals surface area contributed by atoms with Crippen LogP contribution in [-0.4, -0.2) is 41.4 Å². The van der Waals surface area contributed by atoms with Gasteiger partial charge in [-0.25, -0.2) is 28.1 Å². The third kappa shape index (κ3) is 7.09. The molecule has 242 valence electrons. The molecule has 1 unspecified atom stereocenters. The van der Waals surface area contributed by atoms with Crippen LogP contribution in [0.1, 0.15) is 86.9 Å². The van der Waals surface area contributed by atoms with E-state index in [4.69, 9.17) is 15.0 Å². The molecule has 4 bridgehead atoms. The van der Waals surface area contributed by atoms with Crippen molar-refractivity contribution >= 4 is 21.8 Å². The molecule has 2 atom stereocenters. The van der Waals surface area contributed by atoms with Crippen LogP contribution in [0.3, 0.4) is 0 Å². The van der Waals surface area contributed by atoms with Crippen molar-refractivity contribution in [3.05, 3.63) is 89.0 Å². The van der Waals surface area contributed by atoms with E-state index in [1.54, 1.807) is 6.07 Å². The van der Waals surface area contributed by atoms with E-state index in [1.807, 2.05) is 36.7 Å². The van der Waals surface area contributed by atoms with Crippen molar-refractivity contribution in [3.8, 4) is 11.3 Å². The van der Waals surface area contributed by atoms with E-state index in [-0.39, 0.29) is 28.1 Å². The lowest BCUT2D eigenvalue weighted by molar-refractivity contribution is 0.246. The van der Waals surface area contributed by atoms with E-state index in [1.165, 1.54) is 19.3 Å². The van der Waals surface area contributed by atoms with E-state index < -0.39 is 10.0 Å². The molecule has 1 N–H and O–H groups in total. The average Bonchev–Trinajstić information content (AvgIpc) is 2.96. The van der Waals surface area contributed by atoms with Crippen molar-refractivity contribution in [2.24, 2.45) is 11.3 Å². The van der Waals surface area contributed by atoms with Gasteiger partial charge < -0.3 is 4.90 Å². The van der Waals surface area contributed by atoms with E-state index >= 15 is 0 Å². The first-order valence-corrected chi connectivity index (χ1v) is 18.0. The molecule has 2 aliphatic rings. The SMILES string of the molecule is Cc1cccc(C)c1-c1cc2nc(n1)NS(=O)(=O)c1cccc(c1)C(Cc1cncc(N(C)C3CCC3)n1)[C@H](CC(C)(C)C)CC2. The maximum absolute atomic E-state index is 13.8. The van der Waals surface area contributed by atoms with Crippen molar-refractivity contribution in [1.29, 1.82) is 0 Å². The Bertz CT molecular complexity index is 1810. The lowest BCUT2D eigenvalue weighted by Gasteiger charge is -2.36. The van der Waals surface area contributed by atoms with Gasteiger partial charge in [0.15, 0.2) is 0 Å². The van der Waals surface area contributed by atoms with Crippen molar-refractivity contribution < 1.29 is 8.42 Å². The molecule has 1 aliphatic carbocycles. The largest absolute Gasteiger partial charge is 0.355 e. The van der Waals surface area contributed by atoms with Crippen LogP contribution in [-0.2, 0) is 22.9 Å². The smallest absolute Gasteiger partial charge is 0.264 e. The van der Waals surface area contributed by atoms with Gasteiger partial charge in [-0.2, -0.15) is 0 Å². The van der Waals surface area contributed by atoms with Crippen LogP contribution in [0.2, 0.25) is 0 Å². The second-order valence-corrected chi connectivity index (χ2v) is 16.1. The quantitative estimate of drug-likeness (QED) is 0.231. The van der Waals surface area contributed by atoms with Crippen molar-refractivity contribution in [3.63, 3.8) is 0 Å². The van der Waals surface area contributed by atoms with Gasteiger partial charge in [-0.05, 0) is 111 Å². The van der Waals surface area contributed by atoms with Crippen LogP contribution in [0.5, 0.6) is 0 Å². The predicted molar refractivity (Wildman–Crippen MR) is 185 cm³/mol. The lowest BCUT2D eigenvalue weighted by atomic mass is 9.72. The Hall–Kier alpha value is -3.85.